The minimum Gasteiger partial charge on any atom is -0.311 e. The lowest BCUT2D eigenvalue weighted by Gasteiger charge is -2.43. The number of benzene rings is 9. The van der Waals surface area contributed by atoms with E-state index in [4.69, 9.17) is 0 Å². The van der Waals surface area contributed by atoms with E-state index in [-0.39, 0.29) is 6.71 Å². The number of thiophene rings is 1. The fourth-order valence-electron chi connectivity index (χ4n) is 13.4. The highest BCUT2D eigenvalue weighted by molar-refractivity contribution is 7.33. The number of nitrogens with zero attached hydrogens (tertiary/aromatic N) is 2. The lowest BCUT2D eigenvalue weighted by molar-refractivity contribution is 0.785. The molecule has 0 atom stereocenters. The molecule has 14 rings (SSSR count). The molecule has 0 bridgehead atoms. The molecule has 10 aromatic rings. The summed E-state index contributed by atoms with van der Waals surface area (Å²) in [5.74, 6) is 1.18. The van der Waals surface area contributed by atoms with E-state index in [0.29, 0.717) is 17.8 Å². The van der Waals surface area contributed by atoms with Crippen molar-refractivity contribution >= 4 is 78.0 Å². The average Bonchev–Trinajstić information content (AvgIpc) is 4.01. The van der Waals surface area contributed by atoms with Crippen molar-refractivity contribution in [3.8, 4) is 33.4 Å². The van der Waals surface area contributed by atoms with E-state index in [0.717, 1.165) is 0 Å². The monoisotopic (exact) mass is 930 g/mol. The predicted octanol–water partition coefficient (Wildman–Crippen LogP) is 16.7. The Morgan fingerprint density at radius 3 is 1.68 bits per heavy atom. The lowest BCUT2D eigenvalue weighted by atomic mass is 9.36. The van der Waals surface area contributed by atoms with Crippen LogP contribution >= 0.6 is 11.3 Å². The van der Waals surface area contributed by atoms with Gasteiger partial charge in [0.2, 0.25) is 0 Å². The molecule has 1 spiro atoms. The van der Waals surface area contributed by atoms with Crippen LogP contribution < -0.4 is 25.5 Å². The van der Waals surface area contributed by atoms with Crippen LogP contribution in [0.3, 0.4) is 0 Å². The molecule has 0 unspecified atom stereocenters. The topological polar surface area (TPSA) is 6.48 Å². The Hall–Kier alpha value is -7.40. The van der Waals surface area contributed by atoms with E-state index in [1.54, 1.807) is 0 Å². The first kappa shape index (κ1) is 42.5. The number of hydrogen-bond donors (Lipinski definition) is 0. The molecule has 1 aromatic heterocycles. The van der Waals surface area contributed by atoms with Gasteiger partial charge in [0.05, 0.1) is 11.1 Å². The molecule has 4 heteroatoms. The third-order valence-corrected chi connectivity index (χ3v) is 17.6. The summed E-state index contributed by atoms with van der Waals surface area (Å²) >= 11 is 2.01. The van der Waals surface area contributed by atoms with Crippen molar-refractivity contribution in [1.29, 1.82) is 0 Å². The Bertz CT molecular complexity index is 3770. The SMILES string of the molecule is Cc1cc2c3c(c1)N(c1ccccc1)c1c(sc4cc5c(cc14)-c1ccc(C(C)C)cc1C51c4ccccc4-c4ccccc41)B3c1ccc(-c3c(C(C)C)cccc3C(C)C)cc1N2c1ccccc1. The highest BCUT2D eigenvalue weighted by Gasteiger charge is 2.53. The molecule has 0 saturated carbocycles. The largest absolute Gasteiger partial charge is 0.311 e. The third-order valence-electron chi connectivity index (χ3n) is 16.4. The highest BCUT2D eigenvalue weighted by Crippen LogP contribution is 2.64. The number of anilines is 6. The molecule has 0 amide bonds. The van der Waals surface area contributed by atoms with Gasteiger partial charge >= 0.3 is 0 Å². The van der Waals surface area contributed by atoms with Crippen molar-refractivity contribution in [3.05, 3.63) is 233 Å². The molecular weight excluding hydrogens is 876 g/mol. The van der Waals surface area contributed by atoms with Crippen LogP contribution in [0.5, 0.6) is 0 Å². The van der Waals surface area contributed by atoms with Crippen LogP contribution in [-0.2, 0) is 5.41 Å². The molecule has 0 radical (unpaired) electrons. The van der Waals surface area contributed by atoms with Gasteiger partial charge in [0.1, 0.15) is 0 Å². The molecule has 2 aliphatic carbocycles. The fourth-order valence-corrected chi connectivity index (χ4v) is 14.7. The maximum Gasteiger partial charge on any atom is 0.264 e. The smallest absolute Gasteiger partial charge is 0.264 e. The highest BCUT2D eigenvalue weighted by atomic mass is 32.1. The fraction of sp³-hybridized carbons (Fsp3) is 0.164. The molecule has 71 heavy (non-hydrogen) atoms. The molecule has 2 aliphatic heterocycles. The minimum atomic E-state index is -0.432. The first-order chi connectivity index (χ1) is 34.6. The number of fused-ring (bicyclic) bond motifs is 16. The Morgan fingerprint density at radius 2 is 1.04 bits per heavy atom. The second-order valence-electron chi connectivity index (χ2n) is 21.4. The molecule has 0 saturated heterocycles. The Morgan fingerprint density at radius 1 is 0.465 bits per heavy atom. The van der Waals surface area contributed by atoms with E-state index >= 15 is 0 Å². The van der Waals surface area contributed by atoms with Gasteiger partial charge < -0.3 is 9.80 Å². The van der Waals surface area contributed by atoms with E-state index in [1.165, 1.54) is 138 Å². The van der Waals surface area contributed by atoms with Crippen LogP contribution in [0.4, 0.5) is 34.1 Å². The first-order valence-corrected chi connectivity index (χ1v) is 26.5. The van der Waals surface area contributed by atoms with Crippen molar-refractivity contribution in [1.82, 2.24) is 0 Å². The van der Waals surface area contributed by atoms with Crippen molar-refractivity contribution in [2.24, 2.45) is 0 Å². The summed E-state index contributed by atoms with van der Waals surface area (Å²) in [5.41, 5.74) is 28.7. The van der Waals surface area contributed by atoms with Gasteiger partial charge in [-0.25, -0.2) is 0 Å². The maximum absolute atomic E-state index is 2.63. The summed E-state index contributed by atoms with van der Waals surface area (Å²) in [6.07, 6.45) is 0. The zero-order valence-corrected chi connectivity index (χ0v) is 42.3. The van der Waals surface area contributed by atoms with Crippen molar-refractivity contribution in [3.63, 3.8) is 0 Å². The van der Waals surface area contributed by atoms with Crippen LogP contribution in [0.25, 0.3) is 43.5 Å². The quantitative estimate of drug-likeness (QED) is 0.153. The summed E-state index contributed by atoms with van der Waals surface area (Å²) < 4.78 is 2.73. The van der Waals surface area contributed by atoms with Gasteiger partial charge in [-0.15, -0.1) is 11.3 Å². The van der Waals surface area contributed by atoms with Crippen LogP contribution in [0.1, 0.15) is 104 Å². The van der Waals surface area contributed by atoms with Crippen LogP contribution in [0.2, 0.25) is 0 Å². The molecule has 0 N–H and O–H groups in total. The number of aryl methyl sites for hydroxylation is 1. The number of hydrogen-bond acceptors (Lipinski definition) is 3. The Kier molecular flexibility index (Phi) is 9.30. The number of rotatable bonds is 6. The molecule has 9 aromatic carbocycles. The van der Waals surface area contributed by atoms with E-state index in [2.05, 4.69) is 246 Å². The summed E-state index contributed by atoms with van der Waals surface area (Å²) in [7, 11) is 0. The first-order valence-electron chi connectivity index (χ1n) is 25.7. The predicted molar refractivity (Wildman–Crippen MR) is 305 cm³/mol. The molecular formula is C67H55BN2S. The normalized spacial score (nSPS) is 14.3. The molecule has 3 heterocycles. The second-order valence-corrected chi connectivity index (χ2v) is 22.5. The summed E-state index contributed by atoms with van der Waals surface area (Å²) in [4.78, 5) is 5.19. The van der Waals surface area contributed by atoms with Gasteiger partial charge in [0, 0.05) is 43.3 Å². The Labute approximate surface area is 423 Å². The van der Waals surface area contributed by atoms with Crippen molar-refractivity contribution in [2.75, 3.05) is 9.80 Å². The maximum atomic E-state index is 2.63. The standard InChI is InChI=1S/C67H55BN2S/c1-39(2)43-29-31-51-52-37-53-62(38-57(52)67(56(51)35-43)54-27-16-14-23-49(54)50-24-15-17-28-55(50)67)71-66-65(53)70(46-21-12-9-13-22-46)61-34-42(7)33-60-64(61)68(66)58-32-30-44(36-59(58)69(60)45-19-10-8-11-20-45)63-47(40(3)4)25-18-26-48(63)41(5)6/h8-41H,1-7H3. The molecule has 0 fully saturated rings. The summed E-state index contributed by atoms with van der Waals surface area (Å²) in [6, 6.07) is 72.6. The van der Waals surface area contributed by atoms with Gasteiger partial charge in [-0.3, -0.25) is 0 Å². The summed E-state index contributed by atoms with van der Waals surface area (Å²) in [6.45, 7) is 16.3. The molecule has 342 valence electrons. The average molecular weight is 931 g/mol. The minimum absolute atomic E-state index is 0.0134. The van der Waals surface area contributed by atoms with Gasteiger partial charge in [-0.1, -0.05) is 175 Å². The van der Waals surface area contributed by atoms with E-state index in [1.807, 2.05) is 11.3 Å². The number of para-hydroxylation sites is 2. The third kappa shape index (κ3) is 5.83. The zero-order chi connectivity index (χ0) is 48.0. The van der Waals surface area contributed by atoms with Crippen molar-refractivity contribution < 1.29 is 0 Å². The Balaban J connectivity index is 1.09. The van der Waals surface area contributed by atoms with Gasteiger partial charge in [0.25, 0.3) is 6.71 Å². The molecule has 4 aliphatic rings. The molecule has 2 nitrogen and oxygen atoms in total. The van der Waals surface area contributed by atoms with Crippen LogP contribution in [0.15, 0.2) is 188 Å². The van der Waals surface area contributed by atoms with Gasteiger partial charge in [0.15, 0.2) is 0 Å². The van der Waals surface area contributed by atoms with Crippen LogP contribution in [0, 0.1) is 6.92 Å². The van der Waals surface area contributed by atoms with E-state index in [9.17, 15) is 0 Å². The zero-order valence-electron chi connectivity index (χ0n) is 41.5. The van der Waals surface area contributed by atoms with Gasteiger partial charge in [-0.2, -0.15) is 0 Å². The lowest BCUT2D eigenvalue weighted by Crippen LogP contribution is -2.60. The van der Waals surface area contributed by atoms with Gasteiger partial charge in [-0.05, 0) is 168 Å². The van der Waals surface area contributed by atoms with Crippen molar-refractivity contribution in [2.45, 2.75) is 71.6 Å². The van der Waals surface area contributed by atoms with Crippen LogP contribution in [-0.4, -0.2) is 6.71 Å². The summed E-state index contributed by atoms with van der Waals surface area (Å²) in [5, 5.41) is 1.31. The second kappa shape index (κ2) is 15.6. The van der Waals surface area contributed by atoms with E-state index < -0.39 is 5.41 Å².